The summed E-state index contributed by atoms with van der Waals surface area (Å²) in [4.78, 5) is 19.9. The lowest BCUT2D eigenvalue weighted by atomic mass is 9.98. The third-order valence-corrected chi connectivity index (χ3v) is 5.12. The zero-order valence-electron chi connectivity index (χ0n) is 13.2. The Kier molecular flexibility index (Phi) is 4.77. The standard InChI is InChI=1S/C15H23N3O3S/c1-17(2)14(19)10-20-12-7-15(21-9-12)3-5-18(11-15)8-13-16-4-6-22-13/h4,6,12H,3,5,7-11H2,1-2H3. The van der Waals surface area contributed by atoms with Crippen molar-refractivity contribution in [3.8, 4) is 0 Å². The minimum Gasteiger partial charge on any atom is -0.371 e. The minimum atomic E-state index is -0.0942. The van der Waals surface area contributed by atoms with Gasteiger partial charge in [0, 0.05) is 45.2 Å². The Labute approximate surface area is 135 Å². The lowest BCUT2D eigenvalue weighted by molar-refractivity contribution is -0.135. The molecule has 2 fully saturated rings. The highest BCUT2D eigenvalue weighted by atomic mass is 32.1. The molecule has 6 nitrogen and oxygen atoms in total. The number of hydrogen-bond donors (Lipinski definition) is 0. The molecule has 122 valence electrons. The molecule has 1 spiro atoms. The Morgan fingerprint density at radius 1 is 1.64 bits per heavy atom. The van der Waals surface area contributed by atoms with Gasteiger partial charge in [0.2, 0.25) is 5.91 Å². The molecule has 0 saturated carbocycles. The summed E-state index contributed by atoms with van der Waals surface area (Å²) in [6, 6.07) is 0. The van der Waals surface area contributed by atoms with E-state index in [2.05, 4.69) is 9.88 Å². The third-order valence-electron chi connectivity index (χ3n) is 4.35. The summed E-state index contributed by atoms with van der Waals surface area (Å²) in [6.45, 7) is 3.58. The van der Waals surface area contributed by atoms with E-state index in [-0.39, 0.29) is 24.2 Å². The molecule has 1 amide bonds. The molecule has 0 radical (unpaired) electrons. The molecule has 2 saturated heterocycles. The van der Waals surface area contributed by atoms with Crippen LogP contribution in [0.25, 0.3) is 0 Å². The number of carbonyl (C=O) groups is 1. The van der Waals surface area contributed by atoms with Crippen LogP contribution < -0.4 is 0 Å². The van der Waals surface area contributed by atoms with Crippen LogP contribution in [-0.4, -0.2) is 72.8 Å². The first kappa shape index (κ1) is 15.9. The van der Waals surface area contributed by atoms with Gasteiger partial charge in [-0.3, -0.25) is 9.69 Å². The molecule has 1 aromatic heterocycles. The van der Waals surface area contributed by atoms with E-state index in [1.54, 1.807) is 30.3 Å². The predicted octanol–water partition coefficient (Wildman–Crippen LogP) is 0.981. The number of amides is 1. The molecule has 2 atom stereocenters. The zero-order valence-corrected chi connectivity index (χ0v) is 14.0. The number of rotatable bonds is 5. The summed E-state index contributed by atoms with van der Waals surface area (Å²) >= 11 is 1.69. The van der Waals surface area contributed by atoms with Crippen LogP contribution in [0.15, 0.2) is 11.6 Å². The molecule has 1 aromatic rings. The quantitative estimate of drug-likeness (QED) is 0.808. The van der Waals surface area contributed by atoms with Crippen LogP contribution in [0.2, 0.25) is 0 Å². The lowest BCUT2D eigenvalue weighted by Crippen LogP contribution is -2.33. The summed E-state index contributed by atoms with van der Waals surface area (Å²) in [5.74, 6) is -0.00207. The molecule has 0 aromatic carbocycles. The van der Waals surface area contributed by atoms with Gasteiger partial charge in [0.25, 0.3) is 0 Å². The van der Waals surface area contributed by atoms with E-state index in [1.165, 1.54) is 0 Å². The fraction of sp³-hybridized carbons (Fsp3) is 0.733. The van der Waals surface area contributed by atoms with Gasteiger partial charge < -0.3 is 14.4 Å². The third kappa shape index (κ3) is 3.65. The Morgan fingerprint density at radius 2 is 2.50 bits per heavy atom. The molecule has 3 heterocycles. The van der Waals surface area contributed by atoms with Crippen molar-refractivity contribution in [2.24, 2.45) is 0 Å². The van der Waals surface area contributed by atoms with Crippen molar-refractivity contribution < 1.29 is 14.3 Å². The van der Waals surface area contributed by atoms with Gasteiger partial charge in [-0.2, -0.15) is 0 Å². The molecule has 22 heavy (non-hydrogen) atoms. The first-order valence-corrected chi connectivity index (χ1v) is 8.51. The van der Waals surface area contributed by atoms with Crippen molar-refractivity contribution in [2.45, 2.75) is 31.1 Å². The van der Waals surface area contributed by atoms with Gasteiger partial charge in [0.15, 0.2) is 0 Å². The van der Waals surface area contributed by atoms with Crippen LogP contribution in [0.5, 0.6) is 0 Å². The Morgan fingerprint density at radius 3 is 3.23 bits per heavy atom. The van der Waals surface area contributed by atoms with E-state index in [0.29, 0.717) is 6.61 Å². The van der Waals surface area contributed by atoms with Gasteiger partial charge in [-0.05, 0) is 6.42 Å². The molecule has 2 aliphatic heterocycles. The lowest BCUT2D eigenvalue weighted by Gasteiger charge is -2.23. The summed E-state index contributed by atoms with van der Waals surface area (Å²) in [5, 5.41) is 3.17. The van der Waals surface area contributed by atoms with Crippen molar-refractivity contribution >= 4 is 17.2 Å². The maximum absolute atomic E-state index is 11.6. The number of thiazole rings is 1. The van der Waals surface area contributed by atoms with E-state index in [1.807, 2.05) is 11.6 Å². The Hall–Kier alpha value is -1.02. The Balaban J connectivity index is 1.47. The molecule has 0 bridgehead atoms. The van der Waals surface area contributed by atoms with Crippen molar-refractivity contribution in [1.82, 2.24) is 14.8 Å². The average molecular weight is 325 g/mol. The summed E-state index contributed by atoms with van der Waals surface area (Å²) in [5.41, 5.74) is -0.0942. The van der Waals surface area contributed by atoms with Crippen molar-refractivity contribution in [3.05, 3.63) is 16.6 Å². The second-order valence-electron chi connectivity index (χ2n) is 6.31. The van der Waals surface area contributed by atoms with Gasteiger partial charge >= 0.3 is 0 Å². The number of carbonyl (C=O) groups excluding carboxylic acids is 1. The SMILES string of the molecule is CN(C)C(=O)COC1COC2(CCN(Cc3nccs3)C2)C1. The van der Waals surface area contributed by atoms with Crippen LogP contribution in [0, 0.1) is 0 Å². The van der Waals surface area contributed by atoms with Crippen molar-refractivity contribution in [3.63, 3.8) is 0 Å². The molecule has 0 aliphatic carbocycles. The Bertz CT molecular complexity index is 508. The number of likely N-dealkylation sites (N-methyl/N-ethyl adjacent to an activating group) is 1. The van der Waals surface area contributed by atoms with E-state index < -0.39 is 0 Å². The van der Waals surface area contributed by atoms with E-state index in [9.17, 15) is 4.79 Å². The maximum Gasteiger partial charge on any atom is 0.248 e. The van der Waals surface area contributed by atoms with Crippen molar-refractivity contribution in [1.29, 1.82) is 0 Å². The van der Waals surface area contributed by atoms with Crippen LogP contribution in [0.3, 0.4) is 0 Å². The highest BCUT2D eigenvalue weighted by Gasteiger charge is 2.46. The zero-order chi connectivity index (χ0) is 15.6. The highest BCUT2D eigenvalue weighted by Crippen LogP contribution is 2.36. The first-order chi connectivity index (χ1) is 10.6. The van der Waals surface area contributed by atoms with Crippen LogP contribution in [0.1, 0.15) is 17.8 Å². The van der Waals surface area contributed by atoms with E-state index in [0.717, 1.165) is 37.5 Å². The normalized spacial score (nSPS) is 28.5. The molecule has 0 N–H and O–H groups in total. The predicted molar refractivity (Wildman–Crippen MR) is 83.7 cm³/mol. The van der Waals surface area contributed by atoms with Crippen LogP contribution >= 0.6 is 11.3 Å². The maximum atomic E-state index is 11.6. The smallest absolute Gasteiger partial charge is 0.248 e. The second-order valence-corrected chi connectivity index (χ2v) is 7.28. The second kappa shape index (κ2) is 6.62. The molecule has 2 unspecified atom stereocenters. The van der Waals surface area contributed by atoms with Gasteiger partial charge in [-0.25, -0.2) is 4.98 Å². The van der Waals surface area contributed by atoms with Gasteiger partial charge in [-0.15, -0.1) is 11.3 Å². The summed E-state index contributed by atoms with van der Waals surface area (Å²) in [6.07, 6.45) is 3.79. The fourth-order valence-electron chi connectivity index (χ4n) is 3.10. The van der Waals surface area contributed by atoms with Crippen LogP contribution in [0.4, 0.5) is 0 Å². The number of hydrogen-bond acceptors (Lipinski definition) is 6. The number of nitrogens with zero attached hydrogens (tertiary/aromatic N) is 3. The van der Waals surface area contributed by atoms with Crippen molar-refractivity contribution in [2.75, 3.05) is 40.4 Å². The van der Waals surface area contributed by atoms with E-state index in [4.69, 9.17) is 9.47 Å². The molecular weight excluding hydrogens is 302 g/mol. The largest absolute Gasteiger partial charge is 0.371 e. The van der Waals surface area contributed by atoms with Crippen LogP contribution in [-0.2, 0) is 20.8 Å². The van der Waals surface area contributed by atoms with Gasteiger partial charge in [-0.1, -0.05) is 0 Å². The van der Waals surface area contributed by atoms with Gasteiger partial charge in [0.05, 0.1) is 24.9 Å². The number of ether oxygens (including phenoxy) is 2. The topological polar surface area (TPSA) is 54.9 Å². The summed E-state index contributed by atoms with van der Waals surface area (Å²) < 4.78 is 11.8. The summed E-state index contributed by atoms with van der Waals surface area (Å²) in [7, 11) is 3.48. The van der Waals surface area contributed by atoms with Gasteiger partial charge in [0.1, 0.15) is 11.6 Å². The first-order valence-electron chi connectivity index (χ1n) is 7.63. The average Bonchev–Trinajstić information content (AvgIpc) is 3.20. The molecule has 2 aliphatic rings. The highest BCUT2D eigenvalue weighted by molar-refractivity contribution is 7.09. The number of aromatic nitrogens is 1. The molecule has 7 heteroatoms. The molecular formula is C15H23N3O3S. The van der Waals surface area contributed by atoms with E-state index >= 15 is 0 Å². The number of likely N-dealkylation sites (tertiary alicyclic amines) is 1. The minimum absolute atomic E-state index is 0.00207. The molecule has 3 rings (SSSR count). The monoisotopic (exact) mass is 325 g/mol. The fourth-order valence-corrected chi connectivity index (χ4v) is 3.75.